The molecule has 0 aliphatic heterocycles. The highest BCUT2D eigenvalue weighted by Crippen LogP contribution is 2.04. The summed E-state index contributed by atoms with van der Waals surface area (Å²) in [5, 5.41) is 0.703. The lowest BCUT2D eigenvalue weighted by Crippen LogP contribution is -2.27. The van der Waals surface area contributed by atoms with Crippen molar-refractivity contribution >= 4 is 28.8 Å². The van der Waals surface area contributed by atoms with Gasteiger partial charge in [0.1, 0.15) is 10.0 Å². The van der Waals surface area contributed by atoms with Crippen molar-refractivity contribution in [1.29, 1.82) is 0 Å². The quantitative estimate of drug-likeness (QED) is 0.456. The Kier molecular flexibility index (Phi) is 3.23. The molecule has 0 aromatic heterocycles. The van der Waals surface area contributed by atoms with Gasteiger partial charge in [-0.1, -0.05) is 19.6 Å². The highest BCUT2D eigenvalue weighted by molar-refractivity contribution is 8.09. The third-order valence-electron chi connectivity index (χ3n) is 0.546. The van der Waals surface area contributed by atoms with Crippen molar-refractivity contribution in [2.45, 2.75) is 19.6 Å². The van der Waals surface area contributed by atoms with Crippen molar-refractivity contribution in [2.75, 3.05) is 5.38 Å². The van der Waals surface area contributed by atoms with Gasteiger partial charge in [-0.25, -0.2) is 4.21 Å². The monoisotopic (exact) mass is 170 g/mol. The second-order valence-electron chi connectivity index (χ2n) is 2.99. The Balaban J connectivity index is 3.55. The van der Waals surface area contributed by atoms with E-state index < -0.39 is 18.1 Å². The third-order valence-corrected chi connectivity index (χ3v) is 5.90. The van der Waals surface area contributed by atoms with E-state index >= 15 is 0 Å². The molecular weight excluding hydrogens is 160 g/mol. The fourth-order valence-corrected chi connectivity index (χ4v) is 6.01. The van der Waals surface area contributed by atoms with Gasteiger partial charge in [0.15, 0.2) is 0 Å². The lowest BCUT2D eigenvalue weighted by Gasteiger charge is -2.10. The zero-order chi connectivity index (χ0) is 6.78. The zero-order valence-corrected chi connectivity index (χ0v) is 7.97. The third kappa shape index (κ3) is 6.66. The number of halogens is 1. The molecule has 0 N–H and O–H groups in total. The Labute approximate surface area is 58.4 Å². The predicted octanol–water partition coefficient (Wildman–Crippen LogP) is 1.77. The molecule has 0 saturated carbocycles. The minimum Gasteiger partial charge on any atom is -0.243 e. The van der Waals surface area contributed by atoms with Crippen molar-refractivity contribution < 1.29 is 4.21 Å². The molecule has 1 atom stereocenters. The van der Waals surface area contributed by atoms with Crippen LogP contribution in [0.3, 0.4) is 0 Å². The Morgan fingerprint density at radius 1 is 1.50 bits per heavy atom. The predicted molar refractivity (Wildman–Crippen MR) is 42.2 cm³/mol. The molecule has 0 radical (unpaired) electrons. The zero-order valence-electron chi connectivity index (χ0n) is 5.40. The molecule has 1 nitrogen and oxygen atoms in total. The molecule has 0 aromatic rings. The second-order valence-corrected chi connectivity index (χ2v) is 10.9. The lowest BCUT2D eigenvalue weighted by atomic mass is 11.8. The first kappa shape index (κ1) is 8.66. The summed E-state index contributed by atoms with van der Waals surface area (Å²) in [5.74, 6) is 0. The van der Waals surface area contributed by atoms with E-state index in [1.807, 2.05) is 0 Å². The molecule has 0 amide bonds. The number of hydrogen-bond donors (Lipinski definition) is 0. The average Bonchev–Trinajstić information content (AvgIpc) is 1.21. The van der Waals surface area contributed by atoms with E-state index in [-0.39, 0.29) is 0 Å². The van der Waals surface area contributed by atoms with Gasteiger partial charge in [0, 0.05) is 5.38 Å². The van der Waals surface area contributed by atoms with Gasteiger partial charge in [0.05, 0.1) is 8.07 Å². The van der Waals surface area contributed by atoms with Crippen LogP contribution in [0.5, 0.6) is 0 Å². The van der Waals surface area contributed by atoms with Gasteiger partial charge in [0.2, 0.25) is 0 Å². The Morgan fingerprint density at radius 2 is 1.88 bits per heavy atom. The molecule has 0 rings (SSSR count). The van der Waals surface area contributed by atoms with Crippen LogP contribution in [-0.4, -0.2) is 17.7 Å². The van der Waals surface area contributed by atoms with Crippen LogP contribution in [0.25, 0.3) is 0 Å². The fourth-order valence-electron chi connectivity index (χ4n) is 0.340. The summed E-state index contributed by atoms with van der Waals surface area (Å²) in [6.07, 6.45) is 0. The summed E-state index contributed by atoms with van der Waals surface area (Å²) in [6.45, 7) is 6.44. The molecule has 0 aromatic carbocycles. The first-order chi connectivity index (χ1) is 3.42. The minimum atomic E-state index is -1.15. The molecule has 0 spiro atoms. The number of hydrogen-bond acceptors (Lipinski definition) is 1. The molecule has 50 valence electrons. The van der Waals surface area contributed by atoms with E-state index in [0.717, 1.165) is 0 Å². The van der Waals surface area contributed by atoms with Crippen LogP contribution in [0.1, 0.15) is 0 Å². The summed E-state index contributed by atoms with van der Waals surface area (Å²) in [4.78, 5) is 0. The van der Waals surface area contributed by atoms with E-state index in [4.69, 9.17) is 10.7 Å². The van der Waals surface area contributed by atoms with Crippen molar-refractivity contribution in [2.24, 2.45) is 0 Å². The fraction of sp³-hybridized carbons (Fsp3) is 1.00. The molecule has 0 saturated heterocycles. The van der Waals surface area contributed by atoms with Crippen LogP contribution in [0.15, 0.2) is 0 Å². The van der Waals surface area contributed by atoms with Gasteiger partial charge < -0.3 is 0 Å². The normalized spacial score (nSPS) is 16.0. The SMILES string of the molecule is C[Si](C)(C)CS(=O)Cl. The molecule has 0 heterocycles. The van der Waals surface area contributed by atoms with Gasteiger partial charge in [-0.3, -0.25) is 0 Å². The summed E-state index contributed by atoms with van der Waals surface area (Å²) >= 11 is 0. The first-order valence-electron chi connectivity index (χ1n) is 2.46. The molecule has 4 heteroatoms. The van der Waals surface area contributed by atoms with Crippen LogP contribution in [-0.2, 0) is 10.0 Å². The van der Waals surface area contributed by atoms with Crippen LogP contribution in [0.2, 0.25) is 19.6 Å². The van der Waals surface area contributed by atoms with Gasteiger partial charge >= 0.3 is 0 Å². The van der Waals surface area contributed by atoms with Crippen molar-refractivity contribution in [3.8, 4) is 0 Å². The minimum absolute atomic E-state index is 0.703. The van der Waals surface area contributed by atoms with Gasteiger partial charge in [-0.2, -0.15) is 0 Å². The van der Waals surface area contributed by atoms with Gasteiger partial charge in [-0.05, 0) is 10.7 Å². The first-order valence-corrected chi connectivity index (χ1v) is 8.32. The van der Waals surface area contributed by atoms with E-state index in [2.05, 4.69) is 19.6 Å². The Hall–Kier alpha value is 0.657. The molecule has 8 heavy (non-hydrogen) atoms. The summed E-state index contributed by atoms with van der Waals surface area (Å²) in [6, 6.07) is 0. The molecule has 0 bridgehead atoms. The maximum Gasteiger partial charge on any atom is 0.112 e. The summed E-state index contributed by atoms with van der Waals surface area (Å²) in [5.41, 5.74) is 0. The molecule has 0 aliphatic rings. The standard InChI is InChI=1S/C4H11ClOSSi/c1-8(2,3)4-7(5)6/h4H2,1-3H3. The van der Waals surface area contributed by atoms with Gasteiger partial charge in [0.25, 0.3) is 0 Å². The lowest BCUT2D eigenvalue weighted by molar-refractivity contribution is 0.693. The second kappa shape index (κ2) is 2.99. The smallest absolute Gasteiger partial charge is 0.112 e. The summed E-state index contributed by atoms with van der Waals surface area (Å²) in [7, 11) is 3.02. The largest absolute Gasteiger partial charge is 0.243 e. The van der Waals surface area contributed by atoms with Crippen LogP contribution in [0, 0.1) is 0 Å². The average molecular weight is 171 g/mol. The van der Waals surface area contributed by atoms with E-state index in [9.17, 15) is 4.21 Å². The van der Waals surface area contributed by atoms with Crippen LogP contribution >= 0.6 is 10.7 Å². The maximum absolute atomic E-state index is 10.4. The van der Waals surface area contributed by atoms with Crippen LogP contribution in [0.4, 0.5) is 0 Å². The van der Waals surface area contributed by atoms with Crippen LogP contribution < -0.4 is 0 Å². The Morgan fingerprint density at radius 3 is 1.88 bits per heavy atom. The highest BCUT2D eigenvalue weighted by Gasteiger charge is 2.15. The van der Waals surface area contributed by atoms with E-state index in [1.54, 1.807) is 0 Å². The topological polar surface area (TPSA) is 17.1 Å². The highest BCUT2D eigenvalue weighted by atomic mass is 35.7. The van der Waals surface area contributed by atoms with E-state index in [1.165, 1.54) is 0 Å². The molecular formula is C4H11ClOSSi. The van der Waals surface area contributed by atoms with Crippen molar-refractivity contribution in [3.05, 3.63) is 0 Å². The maximum atomic E-state index is 10.4. The number of rotatable bonds is 2. The van der Waals surface area contributed by atoms with Crippen molar-refractivity contribution in [3.63, 3.8) is 0 Å². The Bertz CT molecular complexity index is 98.7. The van der Waals surface area contributed by atoms with E-state index in [0.29, 0.717) is 5.38 Å². The molecule has 1 unspecified atom stereocenters. The van der Waals surface area contributed by atoms with Gasteiger partial charge in [-0.15, -0.1) is 0 Å². The molecule has 0 aliphatic carbocycles. The molecule has 0 fully saturated rings. The summed E-state index contributed by atoms with van der Waals surface area (Å²) < 4.78 is 10.4. The van der Waals surface area contributed by atoms with Crippen molar-refractivity contribution in [1.82, 2.24) is 0 Å².